The number of benzene rings is 1. The summed E-state index contributed by atoms with van der Waals surface area (Å²) in [6.45, 7) is 1.70. The summed E-state index contributed by atoms with van der Waals surface area (Å²) in [5.41, 5.74) is 1.25. The van der Waals surface area contributed by atoms with Crippen molar-refractivity contribution in [3.8, 4) is 0 Å². The quantitative estimate of drug-likeness (QED) is 0.675. The van der Waals surface area contributed by atoms with Gasteiger partial charge in [-0.2, -0.15) is 0 Å². The van der Waals surface area contributed by atoms with Crippen LogP contribution in [0, 0.1) is 0 Å². The van der Waals surface area contributed by atoms with Crippen LogP contribution in [-0.4, -0.2) is 35.2 Å². The Labute approximate surface area is 121 Å². The van der Waals surface area contributed by atoms with E-state index in [-0.39, 0.29) is 12.5 Å². The summed E-state index contributed by atoms with van der Waals surface area (Å²) in [6, 6.07) is 6.27. The van der Waals surface area contributed by atoms with Gasteiger partial charge in [0.25, 0.3) is 5.91 Å². The average Bonchev–Trinajstić information content (AvgIpc) is 2.45. The zero-order chi connectivity index (χ0) is 14.7. The molecule has 1 aromatic rings. The third-order valence-electron chi connectivity index (χ3n) is 3.23. The highest BCUT2D eigenvalue weighted by Crippen LogP contribution is 2.16. The van der Waals surface area contributed by atoms with Gasteiger partial charge in [-0.3, -0.25) is 19.7 Å². The molecule has 1 N–H and O–H groups in total. The lowest BCUT2D eigenvalue weighted by Gasteiger charge is -2.33. The fourth-order valence-corrected chi connectivity index (χ4v) is 2.41. The number of carbonyl (C=O) groups is 3. The summed E-state index contributed by atoms with van der Waals surface area (Å²) < 4.78 is 0. The number of amides is 3. The van der Waals surface area contributed by atoms with Crippen LogP contribution in [0.3, 0.4) is 0 Å². The maximum atomic E-state index is 12.5. The molecule has 20 heavy (non-hydrogen) atoms. The SMILES string of the molecule is CCC1C(=O)NC(=O)CN1C(=O)c1cccc(CCl)c1. The molecule has 0 saturated carbocycles. The van der Waals surface area contributed by atoms with E-state index >= 15 is 0 Å². The lowest BCUT2D eigenvalue weighted by molar-refractivity contribution is -0.138. The minimum absolute atomic E-state index is 0.103. The van der Waals surface area contributed by atoms with Crippen LogP contribution in [0.15, 0.2) is 24.3 Å². The van der Waals surface area contributed by atoms with Gasteiger partial charge in [-0.15, -0.1) is 11.6 Å². The fourth-order valence-electron chi connectivity index (χ4n) is 2.24. The molecule has 106 valence electrons. The number of nitrogens with one attached hydrogen (secondary N) is 1. The van der Waals surface area contributed by atoms with Crippen molar-refractivity contribution in [1.82, 2.24) is 10.2 Å². The largest absolute Gasteiger partial charge is 0.317 e. The maximum absolute atomic E-state index is 12.5. The first kappa shape index (κ1) is 14.5. The summed E-state index contributed by atoms with van der Waals surface area (Å²) >= 11 is 5.75. The normalized spacial score (nSPS) is 18.9. The van der Waals surface area contributed by atoms with E-state index in [2.05, 4.69) is 5.32 Å². The molecular weight excluding hydrogens is 280 g/mol. The third-order valence-corrected chi connectivity index (χ3v) is 3.54. The molecule has 1 aliphatic heterocycles. The van der Waals surface area contributed by atoms with Crippen LogP contribution in [0.1, 0.15) is 29.3 Å². The van der Waals surface area contributed by atoms with Gasteiger partial charge in [-0.1, -0.05) is 19.1 Å². The smallest absolute Gasteiger partial charge is 0.255 e. The first-order valence-corrected chi connectivity index (χ1v) is 6.89. The molecule has 0 bridgehead atoms. The van der Waals surface area contributed by atoms with Gasteiger partial charge in [-0.25, -0.2) is 0 Å². The second-order valence-electron chi connectivity index (χ2n) is 4.60. The molecule has 0 spiro atoms. The van der Waals surface area contributed by atoms with Crippen LogP contribution < -0.4 is 5.32 Å². The highest BCUT2D eigenvalue weighted by atomic mass is 35.5. The fraction of sp³-hybridized carbons (Fsp3) is 0.357. The van der Waals surface area contributed by atoms with Gasteiger partial charge in [0, 0.05) is 11.4 Å². The molecule has 1 fully saturated rings. The van der Waals surface area contributed by atoms with Gasteiger partial charge in [0.05, 0.1) is 0 Å². The monoisotopic (exact) mass is 294 g/mol. The predicted molar refractivity (Wildman–Crippen MR) is 74.3 cm³/mol. The summed E-state index contributed by atoms with van der Waals surface area (Å²) in [5.74, 6) is -0.906. The highest BCUT2D eigenvalue weighted by Gasteiger charge is 2.35. The Balaban J connectivity index is 2.29. The molecule has 2 rings (SSSR count). The number of hydrogen-bond acceptors (Lipinski definition) is 3. The van der Waals surface area contributed by atoms with Crippen LogP contribution in [0.2, 0.25) is 0 Å². The zero-order valence-electron chi connectivity index (χ0n) is 11.1. The lowest BCUT2D eigenvalue weighted by atomic mass is 10.1. The third kappa shape index (κ3) is 2.82. The lowest BCUT2D eigenvalue weighted by Crippen LogP contribution is -2.59. The van der Waals surface area contributed by atoms with Crippen molar-refractivity contribution in [2.45, 2.75) is 25.3 Å². The summed E-state index contributed by atoms with van der Waals surface area (Å²) in [4.78, 5) is 37.0. The maximum Gasteiger partial charge on any atom is 0.255 e. The number of halogens is 1. The molecule has 6 heteroatoms. The Bertz CT molecular complexity index is 559. The van der Waals surface area contributed by atoms with E-state index in [1.54, 1.807) is 25.1 Å². The summed E-state index contributed by atoms with van der Waals surface area (Å²) in [6.07, 6.45) is 0.458. The minimum atomic E-state index is -0.611. The molecule has 1 heterocycles. The molecule has 1 atom stereocenters. The number of carbonyl (C=O) groups excluding carboxylic acids is 3. The van der Waals surface area contributed by atoms with E-state index in [0.29, 0.717) is 17.9 Å². The first-order valence-electron chi connectivity index (χ1n) is 6.36. The van der Waals surface area contributed by atoms with Crippen molar-refractivity contribution < 1.29 is 14.4 Å². The van der Waals surface area contributed by atoms with Gasteiger partial charge in [0.1, 0.15) is 12.6 Å². The average molecular weight is 295 g/mol. The van der Waals surface area contributed by atoms with Crippen molar-refractivity contribution in [3.05, 3.63) is 35.4 Å². The number of hydrogen-bond donors (Lipinski definition) is 1. The van der Waals surface area contributed by atoms with E-state index in [4.69, 9.17) is 11.6 Å². The van der Waals surface area contributed by atoms with Gasteiger partial charge >= 0.3 is 0 Å². The van der Waals surface area contributed by atoms with E-state index in [9.17, 15) is 14.4 Å². The van der Waals surface area contributed by atoms with E-state index in [1.165, 1.54) is 4.90 Å². The zero-order valence-corrected chi connectivity index (χ0v) is 11.8. The van der Waals surface area contributed by atoms with E-state index < -0.39 is 17.9 Å². The van der Waals surface area contributed by atoms with Crippen molar-refractivity contribution >= 4 is 29.3 Å². The van der Waals surface area contributed by atoms with Crippen LogP contribution in [-0.2, 0) is 15.5 Å². The van der Waals surface area contributed by atoms with Crippen molar-refractivity contribution in [3.63, 3.8) is 0 Å². The van der Waals surface area contributed by atoms with Crippen LogP contribution in [0.4, 0.5) is 0 Å². The Kier molecular flexibility index (Phi) is 4.39. The molecule has 0 radical (unpaired) electrons. The van der Waals surface area contributed by atoms with Gasteiger partial charge in [0.15, 0.2) is 0 Å². The van der Waals surface area contributed by atoms with Gasteiger partial charge in [-0.05, 0) is 24.1 Å². The molecular formula is C14H15ClN2O3. The highest BCUT2D eigenvalue weighted by molar-refractivity contribution is 6.17. The van der Waals surface area contributed by atoms with Crippen LogP contribution in [0.5, 0.6) is 0 Å². The molecule has 0 aliphatic carbocycles. The number of piperazine rings is 1. The molecule has 1 aromatic carbocycles. The Morgan fingerprint density at radius 2 is 2.20 bits per heavy atom. The molecule has 1 unspecified atom stereocenters. The van der Waals surface area contributed by atoms with E-state index in [0.717, 1.165) is 5.56 Å². The number of nitrogens with zero attached hydrogens (tertiary/aromatic N) is 1. The standard InChI is InChI=1S/C14H15ClN2O3/c1-2-11-13(19)16-12(18)8-17(11)14(20)10-5-3-4-9(6-10)7-15/h3-6,11H,2,7-8H2,1H3,(H,16,18,19). The molecule has 3 amide bonds. The Morgan fingerprint density at radius 3 is 2.85 bits per heavy atom. The van der Waals surface area contributed by atoms with Crippen molar-refractivity contribution in [2.24, 2.45) is 0 Å². The molecule has 1 saturated heterocycles. The number of rotatable bonds is 3. The first-order chi connectivity index (χ1) is 9.56. The minimum Gasteiger partial charge on any atom is -0.317 e. The van der Waals surface area contributed by atoms with E-state index in [1.807, 2.05) is 6.07 Å². The summed E-state index contributed by atoms with van der Waals surface area (Å²) in [7, 11) is 0. The second kappa shape index (κ2) is 6.05. The topological polar surface area (TPSA) is 66.5 Å². The number of imide groups is 1. The van der Waals surface area contributed by atoms with Gasteiger partial charge < -0.3 is 4.90 Å². The molecule has 1 aliphatic rings. The number of alkyl halides is 1. The van der Waals surface area contributed by atoms with Gasteiger partial charge in [0.2, 0.25) is 11.8 Å². The van der Waals surface area contributed by atoms with Crippen LogP contribution in [0.25, 0.3) is 0 Å². The molecule has 0 aromatic heterocycles. The van der Waals surface area contributed by atoms with Crippen molar-refractivity contribution in [1.29, 1.82) is 0 Å². The second-order valence-corrected chi connectivity index (χ2v) is 4.87. The van der Waals surface area contributed by atoms with Crippen LogP contribution >= 0.6 is 11.6 Å². The Morgan fingerprint density at radius 1 is 1.45 bits per heavy atom. The summed E-state index contributed by atoms with van der Waals surface area (Å²) in [5, 5.41) is 2.25. The predicted octanol–water partition coefficient (Wildman–Crippen LogP) is 1.30. The van der Waals surface area contributed by atoms with Crippen molar-refractivity contribution in [2.75, 3.05) is 6.54 Å². The molecule has 5 nitrogen and oxygen atoms in total. The Hall–Kier alpha value is -1.88.